The predicted molar refractivity (Wildman–Crippen MR) is 145 cm³/mol. The highest BCUT2D eigenvalue weighted by atomic mass is 16.6. The van der Waals surface area contributed by atoms with E-state index in [0.717, 1.165) is 0 Å². The second-order valence-electron chi connectivity index (χ2n) is 8.71. The van der Waals surface area contributed by atoms with Crippen LogP contribution in [0.25, 0.3) is 11.1 Å². The fourth-order valence-electron chi connectivity index (χ4n) is 2.98. The standard InChI is InChI=1S/C30H32O10/c1-18(2)26(31)36-13-15-38-29(34)22-9-12-24(21-7-10-23(11-8-21)40-28(33)20(5)6)25(17-22)30(35)39-16-14-37-27(32)19(3)4/h7-12,17,28,33H,1,3,5,13-16H2,2,4,6H3. The molecule has 10 nitrogen and oxygen atoms in total. The maximum Gasteiger partial charge on any atom is 0.338 e. The number of esters is 4. The molecule has 212 valence electrons. The Morgan fingerprint density at radius 1 is 0.725 bits per heavy atom. The lowest BCUT2D eigenvalue weighted by atomic mass is 9.97. The molecule has 2 aromatic rings. The minimum Gasteiger partial charge on any atom is -0.461 e. The van der Waals surface area contributed by atoms with Crippen LogP contribution in [0.1, 0.15) is 41.5 Å². The molecule has 0 bridgehead atoms. The first-order chi connectivity index (χ1) is 18.9. The molecule has 1 unspecified atom stereocenters. The largest absolute Gasteiger partial charge is 0.461 e. The van der Waals surface area contributed by atoms with Gasteiger partial charge in [-0.05, 0) is 61.7 Å². The molecule has 2 aromatic carbocycles. The van der Waals surface area contributed by atoms with Crippen LogP contribution in [0, 0.1) is 0 Å². The molecule has 1 atom stereocenters. The molecule has 0 aliphatic heterocycles. The number of hydrogen-bond acceptors (Lipinski definition) is 10. The summed E-state index contributed by atoms with van der Waals surface area (Å²) >= 11 is 0. The van der Waals surface area contributed by atoms with E-state index in [1.807, 2.05) is 0 Å². The smallest absolute Gasteiger partial charge is 0.338 e. The van der Waals surface area contributed by atoms with Crippen molar-refractivity contribution in [2.45, 2.75) is 27.1 Å². The number of benzene rings is 2. The highest BCUT2D eigenvalue weighted by molar-refractivity contribution is 6.01. The molecule has 10 heteroatoms. The van der Waals surface area contributed by atoms with Gasteiger partial charge in [-0.2, -0.15) is 0 Å². The molecular weight excluding hydrogens is 520 g/mol. The Balaban J connectivity index is 2.23. The van der Waals surface area contributed by atoms with Crippen LogP contribution in [0.15, 0.2) is 78.9 Å². The molecule has 0 radical (unpaired) electrons. The number of rotatable bonds is 14. The summed E-state index contributed by atoms with van der Waals surface area (Å²) in [7, 11) is 0. The first-order valence-corrected chi connectivity index (χ1v) is 12.1. The number of ether oxygens (including phenoxy) is 5. The van der Waals surface area contributed by atoms with Gasteiger partial charge in [-0.3, -0.25) is 0 Å². The van der Waals surface area contributed by atoms with Crippen LogP contribution < -0.4 is 4.74 Å². The van der Waals surface area contributed by atoms with Gasteiger partial charge in [-0.15, -0.1) is 0 Å². The fraction of sp³-hybridized carbons (Fsp3) is 0.267. The predicted octanol–water partition coefficient (Wildman–Crippen LogP) is 4.18. The summed E-state index contributed by atoms with van der Waals surface area (Å²) in [5, 5.41) is 9.87. The topological polar surface area (TPSA) is 135 Å². The number of carbonyl (C=O) groups is 4. The lowest BCUT2D eigenvalue weighted by Gasteiger charge is -2.15. The van der Waals surface area contributed by atoms with E-state index in [1.54, 1.807) is 37.3 Å². The molecule has 0 saturated heterocycles. The molecule has 0 aromatic heterocycles. The van der Waals surface area contributed by atoms with Gasteiger partial charge < -0.3 is 28.8 Å². The SMILES string of the molecule is C=C(C)C(=O)OCCOC(=O)c1ccc(-c2ccc(OC(O)C(=C)C)cc2)c(C(=O)OCCOC(=O)C(=C)C)c1. The summed E-state index contributed by atoms with van der Waals surface area (Å²) < 4.78 is 25.7. The fourth-order valence-corrected chi connectivity index (χ4v) is 2.98. The Morgan fingerprint density at radius 2 is 1.23 bits per heavy atom. The molecule has 0 aliphatic rings. The Morgan fingerprint density at radius 3 is 1.73 bits per heavy atom. The first-order valence-electron chi connectivity index (χ1n) is 12.1. The summed E-state index contributed by atoms with van der Waals surface area (Å²) in [5.74, 6) is -2.38. The summed E-state index contributed by atoms with van der Waals surface area (Å²) in [6.45, 7) is 14.4. The summed E-state index contributed by atoms with van der Waals surface area (Å²) in [4.78, 5) is 48.6. The van der Waals surface area contributed by atoms with Gasteiger partial charge in [0.05, 0.1) is 11.1 Å². The van der Waals surface area contributed by atoms with Crippen molar-refractivity contribution in [3.63, 3.8) is 0 Å². The van der Waals surface area contributed by atoms with Crippen LogP contribution >= 0.6 is 0 Å². The van der Waals surface area contributed by atoms with E-state index in [9.17, 15) is 24.3 Å². The minimum absolute atomic E-state index is 0.0463. The zero-order chi connectivity index (χ0) is 29.8. The Kier molecular flexibility index (Phi) is 11.8. The zero-order valence-corrected chi connectivity index (χ0v) is 22.7. The third kappa shape index (κ3) is 9.55. The van der Waals surface area contributed by atoms with Gasteiger partial charge in [0, 0.05) is 11.1 Å². The molecule has 0 heterocycles. The van der Waals surface area contributed by atoms with Crippen LogP contribution in [-0.2, 0) is 28.5 Å². The molecule has 1 N–H and O–H groups in total. The summed E-state index contributed by atoms with van der Waals surface area (Å²) in [5.41, 5.74) is 1.97. The molecule has 0 fully saturated rings. The van der Waals surface area contributed by atoms with Crippen LogP contribution in [0.4, 0.5) is 0 Å². The number of aliphatic hydroxyl groups excluding tert-OH is 1. The maximum atomic E-state index is 13.0. The van der Waals surface area contributed by atoms with Crippen molar-refractivity contribution in [2.75, 3.05) is 26.4 Å². The third-order valence-electron chi connectivity index (χ3n) is 5.11. The average molecular weight is 553 g/mol. The van der Waals surface area contributed by atoms with Crippen molar-refractivity contribution in [1.29, 1.82) is 0 Å². The van der Waals surface area contributed by atoms with Crippen LogP contribution in [0.2, 0.25) is 0 Å². The molecule has 0 aliphatic carbocycles. The molecule has 40 heavy (non-hydrogen) atoms. The lowest BCUT2D eigenvalue weighted by Crippen LogP contribution is -2.17. The van der Waals surface area contributed by atoms with Crippen molar-refractivity contribution >= 4 is 23.9 Å². The van der Waals surface area contributed by atoms with Crippen LogP contribution in [0.5, 0.6) is 5.75 Å². The second kappa shape index (κ2) is 15.0. The third-order valence-corrected chi connectivity index (χ3v) is 5.11. The van der Waals surface area contributed by atoms with E-state index >= 15 is 0 Å². The molecule has 0 saturated carbocycles. The van der Waals surface area contributed by atoms with Crippen molar-refractivity contribution in [2.24, 2.45) is 0 Å². The van der Waals surface area contributed by atoms with Crippen LogP contribution in [0.3, 0.4) is 0 Å². The van der Waals surface area contributed by atoms with Crippen molar-refractivity contribution in [1.82, 2.24) is 0 Å². The average Bonchev–Trinajstić information content (AvgIpc) is 2.92. The number of carbonyl (C=O) groups excluding carboxylic acids is 4. The van der Waals surface area contributed by atoms with Gasteiger partial charge in [0.15, 0.2) is 0 Å². The van der Waals surface area contributed by atoms with E-state index in [1.165, 1.54) is 26.0 Å². The van der Waals surface area contributed by atoms with Crippen molar-refractivity contribution in [3.8, 4) is 16.9 Å². The molecule has 0 amide bonds. The van der Waals surface area contributed by atoms with Gasteiger partial charge in [-0.1, -0.05) is 37.9 Å². The molecular formula is C30H32O10. The van der Waals surface area contributed by atoms with E-state index in [-0.39, 0.29) is 48.7 Å². The monoisotopic (exact) mass is 552 g/mol. The Hall–Kier alpha value is -4.70. The molecule has 0 spiro atoms. The van der Waals surface area contributed by atoms with E-state index in [4.69, 9.17) is 23.7 Å². The van der Waals surface area contributed by atoms with E-state index < -0.39 is 30.2 Å². The van der Waals surface area contributed by atoms with Gasteiger partial charge in [-0.25, -0.2) is 19.2 Å². The molecule has 2 rings (SSSR count). The van der Waals surface area contributed by atoms with Crippen LogP contribution in [-0.4, -0.2) is 61.7 Å². The van der Waals surface area contributed by atoms with E-state index in [2.05, 4.69) is 19.7 Å². The summed E-state index contributed by atoms with van der Waals surface area (Å²) in [6, 6.07) is 10.9. The summed E-state index contributed by atoms with van der Waals surface area (Å²) in [6.07, 6.45) is -1.18. The number of hydrogen-bond donors (Lipinski definition) is 1. The Labute approximate surface area is 232 Å². The Bertz CT molecular complexity index is 1290. The normalized spacial score (nSPS) is 11.0. The van der Waals surface area contributed by atoms with Gasteiger partial charge in [0.2, 0.25) is 6.29 Å². The van der Waals surface area contributed by atoms with Gasteiger partial charge >= 0.3 is 23.9 Å². The second-order valence-corrected chi connectivity index (χ2v) is 8.71. The highest BCUT2D eigenvalue weighted by Gasteiger charge is 2.19. The zero-order valence-electron chi connectivity index (χ0n) is 22.7. The highest BCUT2D eigenvalue weighted by Crippen LogP contribution is 2.28. The van der Waals surface area contributed by atoms with Gasteiger partial charge in [0.25, 0.3) is 0 Å². The lowest BCUT2D eigenvalue weighted by molar-refractivity contribution is -0.140. The van der Waals surface area contributed by atoms with E-state index in [0.29, 0.717) is 22.4 Å². The maximum absolute atomic E-state index is 13.0. The minimum atomic E-state index is -1.18. The quantitative estimate of drug-likeness (QED) is 0.0908. The van der Waals surface area contributed by atoms with Gasteiger partial charge in [0.1, 0.15) is 32.2 Å². The first kappa shape index (κ1) is 31.5. The van der Waals surface area contributed by atoms with Crippen molar-refractivity contribution in [3.05, 3.63) is 90.0 Å². The number of aliphatic hydroxyl groups is 1. The van der Waals surface area contributed by atoms with Crippen molar-refractivity contribution < 1.29 is 48.0 Å².